The molecule has 1 aliphatic carbocycles. The van der Waals surface area contributed by atoms with Crippen LogP contribution < -0.4 is 0 Å². The molecule has 0 aliphatic heterocycles. The fraction of sp³-hybridized carbons (Fsp3) is 0.0213. The maximum absolute atomic E-state index is 5.00. The predicted molar refractivity (Wildman–Crippen MR) is 210 cm³/mol. The van der Waals surface area contributed by atoms with Crippen molar-refractivity contribution in [2.75, 3.05) is 0 Å². The fourth-order valence-corrected chi connectivity index (χ4v) is 8.23. The molecule has 0 unspecified atom stereocenters. The SMILES string of the molecule is c1ccc(-n2c3ccccc3c3cc(-c4ccc5c(c4)c4ccccc4n5-c4ccc(-c5ncc6c(n5)Cc5ccccc5-6)cc4)ccc32)cc1. The molecule has 4 nitrogen and oxygen atoms in total. The third-order valence-electron chi connectivity index (χ3n) is 10.6. The van der Waals surface area contributed by atoms with Crippen molar-refractivity contribution >= 4 is 43.6 Å². The summed E-state index contributed by atoms with van der Waals surface area (Å²) >= 11 is 0. The van der Waals surface area contributed by atoms with Gasteiger partial charge in [0.2, 0.25) is 0 Å². The second kappa shape index (κ2) is 10.9. The van der Waals surface area contributed by atoms with E-state index in [-0.39, 0.29) is 0 Å². The third kappa shape index (κ3) is 4.26. The van der Waals surface area contributed by atoms with E-state index in [4.69, 9.17) is 9.97 Å². The lowest BCUT2D eigenvalue weighted by Gasteiger charge is -2.10. The zero-order valence-corrected chi connectivity index (χ0v) is 27.7. The summed E-state index contributed by atoms with van der Waals surface area (Å²) in [6, 6.07) is 59.1. The third-order valence-corrected chi connectivity index (χ3v) is 10.6. The summed E-state index contributed by atoms with van der Waals surface area (Å²) in [5.41, 5.74) is 15.3. The molecule has 1 aliphatic rings. The van der Waals surface area contributed by atoms with Crippen LogP contribution in [0.3, 0.4) is 0 Å². The van der Waals surface area contributed by atoms with Gasteiger partial charge in [0, 0.05) is 56.7 Å². The van der Waals surface area contributed by atoms with E-state index in [0.717, 1.165) is 34.8 Å². The number of para-hydroxylation sites is 3. The predicted octanol–water partition coefficient (Wildman–Crippen LogP) is 11.6. The van der Waals surface area contributed by atoms with Gasteiger partial charge >= 0.3 is 0 Å². The van der Waals surface area contributed by atoms with Crippen LogP contribution in [0.25, 0.3) is 88.6 Å². The molecule has 0 radical (unpaired) electrons. The highest BCUT2D eigenvalue weighted by atomic mass is 15.0. The van der Waals surface area contributed by atoms with E-state index >= 15 is 0 Å². The molecule has 3 aromatic heterocycles. The van der Waals surface area contributed by atoms with Gasteiger partial charge < -0.3 is 9.13 Å². The normalized spacial score (nSPS) is 12.2. The smallest absolute Gasteiger partial charge is 0.159 e. The zero-order chi connectivity index (χ0) is 33.5. The summed E-state index contributed by atoms with van der Waals surface area (Å²) in [7, 11) is 0. The fourth-order valence-electron chi connectivity index (χ4n) is 8.23. The first kappa shape index (κ1) is 28.1. The van der Waals surface area contributed by atoms with Gasteiger partial charge in [-0.2, -0.15) is 0 Å². The Labute approximate surface area is 294 Å². The summed E-state index contributed by atoms with van der Waals surface area (Å²) in [6.07, 6.45) is 2.84. The molecule has 0 spiro atoms. The van der Waals surface area contributed by atoms with Crippen molar-refractivity contribution in [1.29, 1.82) is 0 Å². The minimum absolute atomic E-state index is 0.767. The Kier molecular flexibility index (Phi) is 5.98. The molecular weight excluding hydrogens is 621 g/mol. The van der Waals surface area contributed by atoms with Crippen molar-refractivity contribution in [2.45, 2.75) is 6.42 Å². The number of hydrogen-bond donors (Lipinski definition) is 0. The van der Waals surface area contributed by atoms with Crippen LogP contribution >= 0.6 is 0 Å². The van der Waals surface area contributed by atoms with Gasteiger partial charge in [0.05, 0.1) is 27.8 Å². The summed E-state index contributed by atoms with van der Waals surface area (Å²) in [6.45, 7) is 0. The molecule has 4 heteroatoms. The number of nitrogens with zero attached hydrogens (tertiary/aromatic N) is 4. The van der Waals surface area contributed by atoms with Crippen molar-refractivity contribution in [3.8, 4) is 45.0 Å². The molecule has 0 fully saturated rings. The van der Waals surface area contributed by atoms with Gasteiger partial charge in [-0.25, -0.2) is 9.97 Å². The number of aromatic nitrogens is 4. The van der Waals surface area contributed by atoms with Crippen LogP contribution in [-0.4, -0.2) is 19.1 Å². The van der Waals surface area contributed by atoms with Crippen molar-refractivity contribution in [3.63, 3.8) is 0 Å². The standard InChI is InChI=1S/C47H30N4/c1-2-11-34(12-3-1)50-43-16-8-6-14-37(43)39-26-31(20-24-45(39)50)32-21-25-46-40(27-32)38-15-7-9-17-44(38)51(46)35-22-18-30(19-23-35)47-48-29-41-36-13-5-4-10-33(36)28-42(41)49-47/h1-27,29H,28H2. The Morgan fingerprint density at radius 1 is 0.412 bits per heavy atom. The molecule has 3 heterocycles. The van der Waals surface area contributed by atoms with Crippen LogP contribution in [-0.2, 0) is 6.42 Å². The van der Waals surface area contributed by atoms with Gasteiger partial charge in [0.25, 0.3) is 0 Å². The van der Waals surface area contributed by atoms with Crippen LogP contribution in [0.2, 0.25) is 0 Å². The molecular formula is C47H30N4. The minimum atomic E-state index is 0.767. The molecule has 0 atom stereocenters. The lowest BCUT2D eigenvalue weighted by atomic mass is 10.0. The van der Waals surface area contributed by atoms with E-state index in [2.05, 4.69) is 173 Å². The van der Waals surface area contributed by atoms with Crippen LogP contribution in [0.15, 0.2) is 170 Å². The van der Waals surface area contributed by atoms with E-state index < -0.39 is 0 Å². The van der Waals surface area contributed by atoms with Crippen LogP contribution in [0.1, 0.15) is 11.3 Å². The highest BCUT2D eigenvalue weighted by molar-refractivity contribution is 6.12. The molecule has 238 valence electrons. The summed E-state index contributed by atoms with van der Waals surface area (Å²) in [5.74, 6) is 0.767. The first-order valence-electron chi connectivity index (χ1n) is 17.5. The highest BCUT2D eigenvalue weighted by Crippen LogP contribution is 2.39. The minimum Gasteiger partial charge on any atom is -0.309 e. The van der Waals surface area contributed by atoms with Crippen LogP contribution in [0.4, 0.5) is 0 Å². The van der Waals surface area contributed by atoms with Gasteiger partial charge in [-0.15, -0.1) is 0 Å². The van der Waals surface area contributed by atoms with E-state index in [9.17, 15) is 0 Å². The van der Waals surface area contributed by atoms with Gasteiger partial charge in [-0.1, -0.05) is 91.0 Å². The first-order valence-corrected chi connectivity index (χ1v) is 17.5. The Hall–Kier alpha value is -6.78. The average molecular weight is 651 g/mol. The molecule has 0 amide bonds. The van der Waals surface area contributed by atoms with Crippen LogP contribution in [0.5, 0.6) is 0 Å². The Morgan fingerprint density at radius 2 is 0.941 bits per heavy atom. The first-order chi connectivity index (χ1) is 25.3. The molecule has 7 aromatic carbocycles. The Morgan fingerprint density at radius 3 is 1.61 bits per heavy atom. The number of benzene rings is 7. The molecule has 10 aromatic rings. The average Bonchev–Trinajstić information content (AvgIpc) is 3.85. The lowest BCUT2D eigenvalue weighted by Crippen LogP contribution is -1.96. The van der Waals surface area contributed by atoms with Crippen molar-refractivity contribution in [1.82, 2.24) is 19.1 Å². The van der Waals surface area contributed by atoms with Crippen LogP contribution in [0, 0.1) is 0 Å². The molecule has 0 saturated heterocycles. The summed E-state index contributed by atoms with van der Waals surface area (Å²) < 4.78 is 4.74. The number of fused-ring (bicyclic) bond motifs is 9. The Balaban J connectivity index is 0.999. The maximum Gasteiger partial charge on any atom is 0.159 e. The Bertz CT molecular complexity index is 2980. The largest absolute Gasteiger partial charge is 0.309 e. The lowest BCUT2D eigenvalue weighted by molar-refractivity contribution is 1.07. The molecule has 51 heavy (non-hydrogen) atoms. The van der Waals surface area contributed by atoms with Gasteiger partial charge in [-0.3, -0.25) is 0 Å². The van der Waals surface area contributed by atoms with Gasteiger partial charge in [0.1, 0.15) is 0 Å². The van der Waals surface area contributed by atoms with E-state index in [1.54, 1.807) is 0 Å². The van der Waals surface area contributed by atoms with Gasteiger partial charge in [0.15, 0.2) is 5.82 Å². The van der Waals surface area contributed by atoms with E-state index in [1.807, 2.05) is 6.20 Å². The maximum atomic E-state index is 5.00. The second-order valence-electron chi connectivity index (χ2n) is 13.4. The molecule has 0 saturated carbocycles. The second-order valence-corrected chi connectivity index (χ2v) is 13.4. The van der Waals surface area contributed by atoms with E-state index in [0.29, 0.717) is 0 Å². The quantitative estimate of drug-likeness (QED) is 0.190. The topological polar surface area (TPSA) is 35.6 Å². The van der Waals surface area contributed by atoms with Crippen molar-refractivity contribution < 1.29 is 0 Å². The number of rotatable bonds is 4. The molecule has 0 N–H and O–H groups in total. The summed E-state index contributed by atoms with van der Waals surface area (Å²) in [5, 5.41) is 4.99. The number of hydrogen-bond acceptors (Lipinski definition) is 2. The monoisotopic (exact) mass is 650 g/mol. The van der Waals surface area contributed by atoms with E-state index in [1.165, 1.54) is 71.6 Å². The summed E-state index contributed by atoms with van der Waals surface area (Å²) in [4.78, 5) is 9.79. The van der Waals surface area contributed by atoms with Crippen molar-refractivity contribution in [3.05, 3.63) is 181 Å². The zero-order valence-electron chi connectivity index (χ0n) is 27.7. The molecule has 0 bridgehead atoms. The highest BCUT2D eigenvalue weighted by Gasteiger charge is 2.21. The molecule has 11 rings (SSSR count). The van der Waals surface area contributed by atoms with Gasteiger partial charge in [-0.05, 0) is 95.1 Å². The van der Waals surface area contributed by atoms with Crippen molar-refractivity contribution in [2.24, 2.45) is 0 Å².